The maximum absolute atomic E-state index is 14.0. The summed E-state index contributed by atoms with van der Waals surface area (Å²) in [7, 11) is 0. The minimum Gasteiger partial charge on any atom is -0.381 e. The van der Waals surface area contributed by atoms with E-state index in [2.05, 4.69) is 10.4 Å². The summed E-state index contributed by atoms with van der Waals surface area (Å²) >= 11 is 0. The average Bonchev–Trinajstić information content (AvgIpc) is 3.16. The second kappa shape index (κ2) is 7.94. The summed E-state index contributed by atoms with van der Waals surface area (Å²) < 4.78 is 56.8. The van der Waals surface area contributed by atoms with Crippen molar-refractivity contribution in [3.05, 3.63) is 89.4 Å². The Balaban J connectivity index is 1.70. The van der Waals surface area contributed by atoms with Gasteiger partial charge in [0.05, 0.1) is 23.9 Å². The van der Waals surface area contributed by atoms with Crippen LogP contribution in [0.4, 0.5) is 23.2 Å². The number of nitrogens with one attached hydrogen (secondary N) is 1. The number of halogens is 4. The van der Waals surface area contributed by atoms with Crippen molar-refractivity contribution in [3.63, 3.8) is 0 Å². The van der Waals surface area contributed by atoms with Crippen molar-refractivity contribution in [1.29, 1.82) is 0 Å². The third-order valence-corrected chi connectivity index (χ3v) is 5.50. The van der Waals surface area contributed by atoms with Gasteiger partial charge >= 0.3 is 6.18 Å². The monoisotopic (exact) mass is 443 g/mol. The quantitative estimate of drug-likeness (QED) is 0.392. The molecule has 0 amide bonds. The Morgan fingerprint density at radius 3 is 2.34 bits per heavy atom. The summed E-state index contributed by atoms with van der Waals surface area (Å²) in [5.41, 5.74) is -0.0228. The predicted molar refractivity (Wildman–Crippen MR) is 115 cm³/mol. The van der Waals surface area contributed by atoms with E-state index in [9.17, 15) is 22.7 Å². The topological polar surface area (TPSA) is 50.1 Å². The average molecular weight is 443 g/mol. The predicted octanol–water partition coefficient (Wildman–Crippen LogP) is 5.64. The van der Waals surface area contributed by atoms with E-state index in [4.69, 9.17) is 0 Å². The Morgan fingerprint density at radius 2 is 1.69 bits per heavy atom. The molecule has 166 valence electrons. The van der Waals surface area contributed by atoms with Gasteiger partial charge in [0, 0.05) is 11.1 Å². The normalized spacial score (nSPS) is 13.8. The number of nitrogens with zero attached hydrogens (tertiary/aromatic N) is 2. The number of hydrogen-bond donors (Lipinski definition) is 2. The zero-order valence-corrected chi connectivity index (χ0v) is 17.4. The first-order valence-electron chi connectivity index (χ1n) is 9.93. The molecule has 2 N–H and O–H groups in total. The van der Waals surface area contributed by atoms with E-state index < -0.39 is 24.1 Å². The third-order valence-electron chi connectivity index (χ3n) is 5.50. The Labute approximate surface area is 182 Å². The minimum atomic E-state index is -4.92. The molecule has 32 heavy (non-hydrogen) atoms. The van der Waals surface area contributed by atoms with Crippen LogP contribution >= 0.6 is 0 Å². The van der Waals surface area contributed by atoms with Crippen molar-refractivity contribution in [2.45, 2.75) is 25.6 Å². The summed E-state index contributed by atoms with van der Waals surface area (Å²) in [4.78, 5) is 0. The molecule has 0 aliphatic carbocycles. The van der Waals surface area contributed by atoms with E-state index >= 15 is 0 Å². The molecule has 0 saturated carbocycles. The van der Waals surface area contributed by atoms with Gasteiger partial charge in [-0.1, -0.05) is 23.8 Å². The number of aryl methyl sites for hydroxylation is 2. The molecule has 0 aliphatic heterocycles. The number of hydrogen-bond acceptors (Lipinski definition) is 3. The van der Waals surface area contributed by atoms with Crippen molar-refractivity contribution in [3.8, 4) is 5.69 Å². The van der Waals surface area contributed by atoms with Crippen LogP contribution < -0.4 is 5.32 Å². The number of anilines is 1. The second-order valence-electron chi connectivity index (χ2n) is 7.84. The molecule has 0 saturated heterocycles. The molecule has 3 aromatic carbocycles. The first kappa shape index (κ1) is 21.8. The summed E-state index contributed by atoms with van der Waals surface area (Å²) in [6.07, 6.45) is -3.50. The molecule has 0 spiro atoms. The van der Waals surface area contributed by atoms with Gasteiger partial charge in [0.2, 0.25) is 5.60 Å². The van der Waals surface area contributed by atoms with Gasteiger partial charge in [0.1, 0.15) is 5.82 Å². The summed E-state index contributed by atoms with van der Waals surface area (Å²) in [6.45, 7) is 2.93. The largest absolute Gasteiger partial charge is 0.423 e. The lowest BCUT2D eigenvalue weighted by Crippen LogP contribution is -2.47. The van der Waals surface area contributed by atoms with E-state index in [1.54, 1.807) is 19.1 Å². The van der Waals surface area contributed by atoms with Crippen molar-refractivity contribution in [2.75, 3.05) is 11.9 Å². The molecule has 1 atom stereocenters. The van der Waals surface area contributed by atoms with Crippen molar-refractivity contribution in [1.82, 2.24) is 9.78 Å². The molecule has 0 bridgehead atoms. The Bertz CT molecular complexity index is 1260. The second-order valence-corrected chi connectivity index (χ2v) is 7.84. The Hall–Kier alpha value is -3.39. The van der Waals surface area contributed by atoms with Crippen LogP contribution in [0, 0.1) is 19.7 Å². The fraction of sp³-hybridized carbons (Fsp3) is 0.208. The molecular weight excluding hydrogens is 422 g/mol. The van der Waals surface area contributed by atoms with Crippen LogP contribution in [0.25, 0.3) is 16.6 Å². The summed E-state index contributed by atoms with van der Waals surface area (Å²) in [5, 5.41) is 18.2. The molecule has 4 aromatic rings. The molecule has 8 heteroatoms. The van der Waals surface area contributed by atoms with E-state index in [0.29, 0.717) is 22.3 Å². The van der Waals surface area contributed by atoms with Gasteiger partial charge in [-0.2, -0.15) is 18.3 Å². The maximum Gasteiger partial charge on any atom is 0.423 e. The zero-order valence-electron chi connectivity index (χ0n) is 17.4. The number of alkyl halides is 3. The Morgan fingerprint density at radius 1 is 0.969 bits per heavy atom. The minimum absolute atomic E-state index is 0.298. The molecule has 1 heterocycles. The first-order valence-corrected chi connectivity index (χ1v) is 9.93. The van der Waals surface area contributed by atoms with E-state index in [1.807, 2.05) is 13.0 Å². The molecule has 0 aliphatic rings. The van der Waals surface area contributed by atoms with Gasteiger partial charge in [-0.3, -0.25) is 0 Å². The first-order chi connectivity index (χ1) is 15.1. The summed E-state index contributed by atoms with van der Waals surface area (Å²) in [5.74, 6) is -0.404. The number of aliphatic hydroxyl groups is 1. The van der Waals surface area contributed by atoms with E-state index in [0.717, 1.165) is 11.1 Å². The molecule has 4 nitrogen and oxygen atoms in total. The molecule has 1 unspecified atom stereocenters. The van der Waals surface area contributed by atoms with E-state index in [-0.39, 0.29) is 5.56 Å². The van der Waals surface area contributed by atoms with Gasteiger partial charge in [0.15, 0.2) is 0 Å². The van der Waals surface area contributed by atoms with Crippen molar-refractivity contribution in [2.24, 2.45) is 0 Å². The van der Waals surface area contributed by atoms with Crippen LogP contribution in [0.5, 0.6) is 0 Å². The standard InChI is InChI=1S/C24H21F4N3O/c1-15-3-9-21(16(2)11-15)29-14-23(32,24(26,27)28)18-4-10-22-17(12-18)13-30-31(22)20-7-5-19(25)6-8-20/h3-13,29,32H,14H2,1-2H3. The SMILES string of the molecule is Cc1ccc(NCC(O)(c2ccc3c(cnn3-c3ccc(F)cc3)c2)C(F)(F)F)c(C)c1. The van der Waals surface area contributed by atoms with Gasteiger partial charge < -0.3 is 10.4 Å². The van der Waals surface area contributed by atoms with Crippen LogP contribution in [0.3, 0.4) is 0 Å². The van der Waals surface area contributed by atoms with Crippen LogP contribution in [0.15, 0.2) is 66.9 Å². The van der Waals surface area contributed by atoms with Gasteiger partial charge in [0.25, 0.3) is 0 Å². The highest BCUT2D eigenvalue weighted by Crippen LogP contribution is 2.40. The molecule has 0 fully saturated rings. The number of fused-ring (bicyclic) bond motifs is 1. The van der Waals surface area contributed by atoms with Crippen LogP contribution in [0.1, 0.15) is 16.7 Å². The Kier molecular flexibility index (Phi) is 5.42. The molecular formula is C24H21F4N3O. The lowest BCUT2D eigenvalue weighted by atomic mass is 9.91. The lowest BCUT2D eigenvalue weighted by molar-refractivity contribution is -0.260. The van der Waals surface area contributed by atoms with Crippen LogP contribution in [-0.4, -0.2) is 27.6 Å². The number of rotatable bonds is 5. The fourth-order valence-electron chi connectivity index (χ4n) is 3.68. The summed E-state index contributed by atoms with van der Waals surface area (Å²) in [6, 6.07) is 14.9. The highest BCUT2D eigenvalue weighted by atomic mass is 19.4. The lowest BCUT2D eigenvalue weighted by Gasteiger charge is -2.32. The molecule has 1 aromatic heterocycles. The fourth-order valence-corrected chi connectivity index (χ4v) is 3.68. The smallest absolute Gasteiger partial charge is 0.381 e. The number of aromatic nitrogens is 2. The van der Waals surface area contributed by atoms with Crippen molar-refractivity contribution < 1.29 is 22.7 Å². The van der Waals surface area contributed by atoms with Gasteiger partial charge in [-0.15, -0.1) is 0 Å². The highest BCUT2D eigenvalue weighted by molar-refractivity contribution is 5.81. The van der Waals surface area contributed by atoms with Gasteiger partial charge in [-0.05, 0) is 67.4 Å². The van der Waals surface area contributed by atoms with Crippen LogP contribution in [-0.2, 0) is 5.60 Å². The molecule has 4 rings (SSSR count). The van der Waals surface area contributed by atoms with Crippen molar-refractivity contribution >= 4 is 16.6 Å². The third kappa shape index (κ3) is 3.93. The maximum atomic E-state index is 14.0. The highest BCUT2D eigenvalue weighted by Gasteiger charge is 2.55. The zero-order chi connectivity index (χ0) is 23.1. The van der Waals surface area contributed by atoms with Gasteiger partial charge in [-0.25, -0.2) is 9.07 Å². The molecule has 0 radical (unpaired) electrons. The number of benzene rings is 3. The van der Waals surface area contributed by atoms with Crippen LogP contribution in [0.2, 0.25) is 0 Å². The van der Waals surface area contributed by atoms with E-state index in [1.165, 1.54) is 53.3 Å².